The number of carbonyl (C=O) groups is 1. The highest BCUT2D eigenvalue weighted by molar-refractivity contribution is 5.92. The Morgan fingerprint density at radius 2 is 1.97 bits per heavy atom. The SMILES string of the molecule is CCc1cc(-c2cc(NC(=O)Cc3ccccc3)nn2C)cc2cnc(N)nc12. The topological polar surface area (TPSA) is 98.7 Å². The number of rotatable bonds is 5. The number of fused-ring (bicyclic) bond motifs is 1. The lowest BCUT2D eigenvalue weighted by molar-refractivity contribution is -0.115. The molecule has 0 radical (unpaired) electrons. The van der Waals surface area contributed by atoms with Crippen molar-refractivity contribution in [3.8, 4) is 11.3 Å². The molecule has 0 aliphatic carbocycles. The average Bonchev–Trinajstić information content (AvgIpc) is 3.07. The van der Waals surface area contributed by atoms with E-state index < -0.39 is 0 Å². The molecule has 4 rings (SSSR count). The first-order valence-corrected chi connectivity index (χ1v) is 9.47. The smallest absolute Gasteiger partial charge is 0.229 e. The number of amides is 1. The van der Waals surface area contributed by atoms with Crippen molar-refractivity contribution in [3.63, 3.8) is 0 Å². The van der Waals surface area contributed by atoms with Gasteiger partial charge in [-0.15, -0.1) is 0 Å². The number of aryl methyl sites for hydroxylation is 2. The van der Waals surface area contributed by atoms with Crippen molar-refractivity contribution in [1.29, 1.82) is 0 Å². The summed E-state index contributed by atoms with van der Waals surface area (Å²) in [6.45, 7) is 2.08. The lowest BCUT2D eigenvalue weighted by Gasteiger charge is -2.08. The molecule has 0 bridgehead atoms. The lowest BCUT2D eigenvalue weighted by Crippen LogP contribution is -2.14. The van der Waals surface area contributed by atoms with Gasteiger partial charge >= 0.3 is 0 Å². The maximum absolute atomic E-state index is 12.4. The fourth-order valence-corrected chi connectivity index (χ4v) is 3.42. The Balaban J connectivity index is 1.62. The van der Waals surface area contributed by atoms with Crippen LogP contribution in [0.15, 0.2) is 54.7 Å². The molecule has 3 N–H and O–H groups in total. The summed E-state index contributed by atoms with van der Waals surface area (Å²) in [7, 11) is 1.86. The van der Waals surface area contributed by atoms with Crippen molar-refractivity contribution < 1.29 is 4.79 Å². The normalized spacial score (nSPS) is 11.0. The summed E-state index contributed by atoms with van der Waals surface area (Å²) >= 11 is 0. The van der Waals surface area contributed by atoms with Crippen LogP contribution in [0.3, 0.4) is 0 Å². The number of aromatic nitrogens is 4. The second kappa shape index (κ2) is 7.71. The van der Waals surface area contributed by atoms with Crippen molar-refractivity contribution in [1.82, 2.24) is 19.7 Å². The van der Waals surface area contributed by atoms with E-state index in [4.69, 9.17) is 5.73 Å². The summed E-state index contributed by atoms with van der Waals surface area (Å²) in [5.41, 5.74) is 10.5. The van der Waals surface area contributed by atoms with Crippen LogP contribution >= 0.6 is 0 Å². The third kappa shape index (κ3) is 3.94. The zero-order valence-corrected chi connectivity index (χ0v) is 16.4. The lowest BCUT2D eigenvalue weighted by atomic mass is 10.0. The number of carbonyl (C=O) groups excluding carboxylic acids is 1. The largest absolute Gasteiger partial charge is 0.368 e. The van der Waals surface area contributed by atoms with Crippen LogP contribution in [-0.2, 0) is 24.7 Å². The van der Waals surface area contributed by atoms with Crippen LogP contribution < -0.4 is 11.1 Å². The monoisotopic (exact) mass is 386 g/mol. The molecule has 0 fully saturated rings. The van der Waals surface area contributed by atoms with Crippen LogP contribution in [0, 0.1) is 0 Å². The summed E-state index contributed by atoms with van der Waals surface area (Å²) in [5, 5.41) is 8.26. The highest BCUT2D eigenvalue weighted by Crippen LogP contribution is 2.28. The standard InChI is InChI=1S/C22H22N6O/c1-3-15-10-16(11-17-13-24-22(23)26-21(15)17)18-12-19(27-28(18)2)25-20(29)9-14-7-5-4-6-8-14/h4-8,10-13H,3,9H2,1-2H3,(H2,23,24,26)(H,25,27,29). The Kier molecular flexibility index (Phi) is 4.95. The van der Waals surface area contributed by atoms with E-state index in [1.807, 2.05) is 49.5 Å². The van der Waals surface area contributed by atoms with Gasteiger partial charge in [-0.25, -0.2) is 9.97 Å². The van der Waals surface area contributed by atoms with E-state index in [9.17, 15) is 4.79 Å². The molecule has 0 spiro atoms. The highest BCUT2D eigenvalue weighted by atomic mass is 16.1. The third-order valence-electron chi connectivity index (χ3n) is 4.81. The van der Waals surface area contributed by atoms with E-state index in [2.05, 4.69) is 33.4 Å². The van der Waals surface area contributed by atoms with E-state index in [1.165, 1.54) is 0 Å². The zero-order chi connectivity index (χ0) is 20.4. The molecule has 2 heterocycles. The Bertz CT molecular complexity index is 1180. The molecule has 0 saturated heterocycles. The molecule has 7 heteroatoms. The van der Waals surface area contributed by atoms with Gasteiger partial charge in [0, 0.05) is 30.3 Å². The first-order chi connectivity index (χ1) is 14.0. The summed E-state index contributed by atoms with van der Waals surface area (Å²) in [4.78, 5) is 20.8. The quantitative estimate of drug-likeness (QED) is 0.548. The van der Waals surface area contributed by atoms with Gasteiger partial charge in [-0.2, -0.15) is 5.10 Å². The minimum atomic E-state index is -0.0996. The first kappa shape index (κ1) is 18.6. The van der Waals surface area contributed by atoms with Gasteiger partial charge in [0.1, 0.15) is 0 Å². The second-order valence-electron chi connectivity index (χ2n) is 6.90. The molecule has 0 atom stereocenters. The van der Waals surface area contributed by atoms with Crippen molar-refractivity contribution >= 4 is 28.6 Å². The molecule has 146 valence electrons. The maximum Gasteiger partial charge on any atom is 0.229 e. The Morgan fingerprint density at radius 3 is 2.72 bits per heavy atom. The second-order valence-corrected chi connectivity index (χ2v) is 6.90. The van der Waals surface area contributed by atoms with Crippen LogP contribution in [-0.4, -0.2) is 25.7 Å². The van der Waals surface area contributed by atoms with Crippen molar-refractivity contribution in [2.24, 2.45) is 7.05 Å². The molecular weight excluding hydrogens is 364 g/mol. The average molecular weight is 386 g/mol. The molecule has 2 aromatic carbocycles. The van der Waals surface area contributed by atoms with Gasteiger partial charge in [-0.1, -0.05) is 37.3 Å². The zero-order valence-electron chi connectivity index (χ0n) is 16.4. The van der Waals surface area contributed by atoms with Crippen molar-refractivity contribution in [2.75, 3.05) is 11.1 Å². The van der Waals surface area contributed by atoms with Crippen molar-refractivity contribution in [3.05, 3.63) is 65.9 Å². The number of benzene rings is 2. The van der Waals surface area contributed by atoms with Gasteiger partial charge < -0.3 is 11.1 Å². The fourth-order valence-electron chi connectivity index (χ4n) is 3.42. The minimum Gasteiger partial charge on any atom is -0.368 e. The highest BCUT2D eigenvalue weighted by Gasteiger charge is 2.13. The predicted molar refractivity (Wildman–Crippen MR) is 114 cm³/mol. The molecule has 7 nitrogen and oxygen atoms in total. The van der Waals surface area contributed by atoms with Crippen LogP contribution in [0.1, 0.15) is 18.1 Å². The van der Waals surface area contributed by atoms with E-state index in [-0.39, 0.29) is 11.9 Å². The van der Waals surface area contributed by atoms with Gasteiger partial charge in [0.15, 0.2) is 5.82 Å². The van der Waals surface area contributed by atoms with Gasteiger partial charge in [0.05, 0.1) is 17.6 Å². The molecule has 1 amide bonds. The van der Waals surface area contributed by atoms with Gasteiger partial charge in [0.25, 0.3) is 0 Å². The molecule has 2 aromatic heterocycles. The number of nitrogens with one attached hydrogen (secondary N) is 1. The van der Waals surface area contributed by atoms with Gasteiger partial charge in [-0.3, -0.25) is 9.48 Å². The van der Waals surface area contributed by atoms with Crippen LogP contribution in [0.5, 0.6) is 0 Å². The summed E-state index contributed by atoms with van der Waals surface area (Å²) in [6, 6.07) is 15.6. The third-order valence-corrected chi connectivity index (χ3v) is 4.81. The number of nitrogen functional groups attached to an aromatic ring is 1. The van der Waals surface area contributed by atoms with Crippen LogP contribution in [0.4, 0.5) is 11.8 Å². The molecule has 0 unspecified atom stereocenters. The van der Waals surface area contributed by atoms with E-state index in [0.717, 1.165) is 39.7 Å². The molecule has 4 aromatic rings. The van der Waals surface area contributed by atoms with E-state index in [0.29, 0.717) is 12.2 Å². The number of anilines is 2. The van der Waals surface area contributed by atoms with Crippen LogP contribution in [0.25, 0.3) is 22.2 Å². The van der Waals surface area contributed by atoms with Gasteiger partial charge in [-0.05, 0) is 29.7 Å². The molecule has 0 aliphatic heterocycles. The molecular formula is C22H22N6O. The molecule has 29 heavy (non-hydrogen) atoms. The minimum absolute atomic E-state index is 0.0996. The number of hydrogen-bond donors (Lipinski definition) is 2. The van der Waals surface area contributed by atoms with Gasteiger partial charge in [0.2, 0.25) is 11.9 Å². The summed E-state index contributed by atoms with van der Waals surface area (Å²) in [5.74, 6) is 0.691. The molecule has 0 aliphatic rings. The Hall–Kier alpha value is -3.74. The first-order valence-electron chi connectivity index (χ1n) is 9.47. The summed E-state index contributed by atoms with van der Waals surface area (Å²) in [6.07, 6.45) is 2.86. The summed E-state index contributed by atoms with van der Waals surface area (Å²) < 4.78 is 1.76. The number of nitrogens with two attached hydrogens (primary N) is 1. The fraction of sp³-hybridized carbons (Fsp3) is 0.182. The molecule has 0 saturated carbocycles. The van der Waals surface area contributed by atoms with Crippen LogP contribution in [0.2, 0.25) is 0 Å². The Labute approximate surface area is 168 Å². The van der Waals surface area contributed by atoms with E-state index >= 15 is 0 Å². The predicted octanol–water partition coefficient (Wildman–Crippen LogP) is 3.36. The van der Waals surface area contributed by atoms with E-state index in [1.54, 1.807) is 10.9 Å². The Morgan fingerprint density at radius 1 is 1.17 bits per heavy atom. The van der Waals surface area contributed by atoms with Crippen molar-refractivity contribution in [2.45, 2.75) is 19.8 Å². The maximum atomic E-state index is 12.4. The number of nitrogens with zero attached hydrogens (tertiary/aromatic N) is 4. The number of hydrogen-bond acceptors (Lipinski definition) is 5.